The molecule has 0 aromatic carbocycles. The van der Waals surface area contributed by atoms with Crippen LogP contribution in [0, 0.1) is 0 Å². The first kappa shape index (κ1) is 20.6. The summed E-state index contributed by atoms with van der Waals surface area (Å²) in [5, 5.41) is 11.8. The Bertz CT molecular complexity index is 855. The molecule has 1 aromatic rings. The van der Waals surface area contributed by atoms with Gasteiger partial charge in [0.05, 0.1) is 5.69 Å². The number of piperidine rings is 1. The van der Waals surface area contributed by atoms with Gasteiger partial charge in [-0.05, 0) is 45.8 Å². The maximum atomic E-state index is 11.9. The first-order valence-corrected chi connectivity index (χ1v) is 9.49. The van der Waals surface area contributed by atoms with E-state index in [-0.39, 0.29) is 11.7 Å². The van der Waals surface area contributed by atoms with E-state index in [9.17, 15) is 19.5 Å². The molecular formula is C19H26N6O4. The zero-order valence-electron chi connectivity index (χ0n) is 17.0. The normalized spacial score (nSPS) is 19.7. The highest BCUT2D eigenvalue weighted by molar-refractivity contribution is 6.13. The summed E-state index contributed by atoms with van der Waals surface area (Å²) < 4.78 is 0. The van der Waals surface area contributed by atoms with E-state index < -0.39 is 23.6 Å². The maximum absolute atomic E-state index is 11.9. The molecule has 3 rings (SSSR count). The van der Waals surface area contributed by atoms with E-state index in [2.05, 4.69) is 15.3 Å². The van der Waals surface area contributed by atoms with Gasteiger partial charge >= 0.3 is 12.1 Å². The molecule has 0 radical (unpaired) electrons. The average molecular weight is 402 g/mol. The Kier molecular flexibility index (Phi) is 5.45. The van der Waals surface area contributed by atoms with Crippen LogP contribution in [0.2, 0.25) is 0 Å². The van der Waals surface area contributed by atoms with Gasteiger partial charge in [-0.1, -0.05) is 0 Å². The Morgan fingerprint density at radius 3 is 2.48 bits per heavy atom. The molecule has 29 heavy (non-hydrogen) atoms. The second-order valence-corrected chi connectivity index (χ2v) is 8.17. The highest BCUT2D eigenvalue weighted by Gasteiger charge is 2.35. The second-order valence-electron chi connectivity index (χ2n) is 8.17. The van der Waals surface area contributed by atoms with Crippen molar-refractivity contribution in [2.24, 2.45) is 0 Å². The molecule has 0 spiro atoms. The van der Waals surface area contributed by atoms with E-state index >= 15 is 0 Å². The van der Waals surface area contributed by atoms with Crippen LogP contribution in [0.1, 0.15) is 39.3 Å². The number of rotatable bonds is 3. The van der Waals surface area contributed by atoms with E-state index in [0.717, 1.165) is 0 Å². The molecule has 0 atom stereocenters. The topological polar surface area (TPSA) is 119 Å². The number of carbonyl (C=O) groups is 3. The number of anilines is 1. The van der Waals surface area contributed by atoms with Gasteiger partial charge in [-0.3, -0.25) is 15.0 Å². The van der Waals surface area contributed by atoms with Crippen molar-refractivity contribution in [2.75, 3.05) is 25.0 Å². The minimum Gasteiger partial charge on any atom is -0.465 e. The molecule has 0 aliphatic carbocycles. The standard InChI is InChI=1S/C19H26N6O4/c1-19(2,3)25(18(28)29)13-6-9-24(10-7-13)16-20-8-5-12(21-16)11-14-15(26)22-17(27)23(14)4/h5,8,11,13H,6-7,9-10H2,1-4H3,(H,28,29)(H,22,26,27). The summed E-state index contributed by atoms with van der Waals surface area (Å²) in [6.07, 6.45) is 3.60. The summed E-state index contributed by atoms with van der Waals surface area (Å²) in [6.45, 7) is 6.95. The highest BCUT2D eigenvalue weighted by atomic mass is 16.4. The van der Waals surface area contributed by atoms with Crippen molar-refractivity contribution in [3.8, 4) is 0 Å². The lowest BCUT2D eigenvalue weighted by Gasteiger charge is -2.43. The molecule has 3 heterocycles. The van der Waals surface area contributed by atoms with Gasteiger partial charge in [0.15, 0.2) is 0 Å². The van der Waals surface area contributed by atoms with Crippen LogP contribution in [-0.2, 0) is 4.79 Å². The van der Waals surface area contributed by atoms with Crippen LogP contribution >= 0.6 is 0 Å². The molecule has 0 unspecified atom stereocenters. The molecule has 0 saturated carbocycles. The van der Waals surface area contributed by atoms with Crippen molar-refractivity contribution in [1.29, 1.82) is 0 Å². The SMILES string of the molecule is CN1C(=O)NC(=O)C1=Cc1ccnc(N2CCC(N(C(=O)O)C(C)(C)C)CC2)n1. The number of aromatic nitrogens is 2. The molecule has 156 valence electrons. The Morgan fingerprint density at radius 1 is 1.31 bits per heavy atom. The monoisotopic (exact) mass is 402 g/mol. The second kappa shape index (κ2) is 7.69. The molecular weight excluding hydrogens is 376 g/mol. The van der Waals surface area contributed by atoms with Gasteiger partial charge in [-0.25, -0.2) is 19.6 Å². The molecule has 0 bridgehead atoms. The predicted octanol–water partition coefficient (Wildman–Crippen LogP) is 1.75. The zero-order valence-corrected chi connectivity index (χ0v) is 17.0. The fourth-order valence-corrected chi connectivity index (χ4v) is 3.72. The number of urea groups is 1. The lowest BCUT2D eigenvalue weighted by molar-refractivity contribution is -0.115. The van der Waals surface area contributed by atoms with Crippen LogP contribution in [0.3, 0.4) is 0 Å². The number of carboxylic acid groups (broad SMARTS) is 1. The number of carbonyl (C=O) groups excluding carboxylic acids is 2. The van der Waals surface area contributed by atoms with Gasteiger partial charge in [0, 0.05) is 37.9 Å². The number of imide groups is 1. The Labute approximate surface area is 169 Å². The first-order chi connectivity index (χ1) is 13.6. The number of nitrogens with one attached hydrogen (secondary N) is 1. The van der Waals surface area contributed by atoms with Crippen molar-refractivity contribution in [3.05, 3.63) is 23.7 Å². The minimum absolute atomic E-state index is 0.0594. The Hall–Kier alpha value is -3.17. The van der Waals surface area contributed by atoms with Gasteiger partial charge < -0.3 is 14.9 Å². The lowest BCUT2D eigenvalue weighted by atomic mass is 9.97. The lowest BCUT2D eigenvalue weighted by Crippen LogP contribution is -2.54. The number of likely N-dealkylation sites (N-methyl/N-ethyl adjacent to an activating group) is 1. The van der Waals surface area contributed by atoms with Gasteiger partial charge in [0.2, 0.25) is 5.95 Å². The third-order valence-electron chi connectivity index (χ3n) is 5.11. The van der Waals surface area contributed by atoms with E-state index in [1.165, 1.54) is 16.8 Å². The smallest absolute Gasteiger partial charge is 0.407 e. The van der Waals surface area contributed by atoms with E-state index in [1.807, 2.05) is 25.7 Å². The van der Waals surface area contributed by atoms with Crippen molar-refractivity contribution in [1.82, 2.24) is 25.1 Å². The summed E-state index contributed by atoms with van der Waals surface area (Å²) in [4.78, 5) is 48.7. The molecule has 10 nitrogen and oxygen atoms in total. The molecule has 2 saturated heterocycles. The zero-order chi connectivity index (χ0) is 21.3. The van der Waals surface area contributed by atoms with E-state index in [1.54, 1.807) is 18.3 Å². The van der Waals surface area contributed by atoms with Crippen molar-refractivity contribution >= 4 is 30.1 Å². The number of hydrogen-bond donors (Lipinski definition) is 2. The number of nitrogens with zero attached hydrogens (tertiary/aromatic N) is 5. The first-order valence-electron chi connectivity index (χ1n) is 9.49. The predicted molar refractivity (Wildman–Crippen MR) is 106 cm³/mol. The summed E-state index contributed by atoms with van der Waals surface area (Å²) in [6, 6.07) is 1.13. The fraction of sp³-hybridized carbons (Fsp3) is 0.526. The highest BCUT2D eigenvalue weighted by Crippen LogP contribution is 2.26. The van der Waals surface area contributed by atoms with Crippen LogP contribution in [-0.4, -0.2) is 74.6 Å². The van der Waals surface area contributed by atoms with Crippen LogP contribution < -0.4 is 10.2 Å². The third kappa shape index (κ3) is 4.30. The third-order valence-corrected chi connectivity index (χ3v) is 5.11. The van der Waals surface area contributed by atoms with Crippen LogP contribution in [0.4, 0.5) is 15.5 Å². The van der Waals surface area contributed by atoms with Gasteiger partial charge in [0.25, 0.3) is 5.91 Å². The largest absolute Gasteiger partial charge is 0.465 e. The number of amides is 4. The fourth-order valence-electron chi connectivity index (χ4n) is 3.72. The summed E-state index contributed by atoms with van der Waals surface area (Å²) in [5.74, 6) is 0.0530. The van der Waals surface area contributed by atoms with Crippen molar-refractivity contribution < 1.29 is 19.5 Å². The molecule has 2 fully saturated rings. The quantitative estimate of drug-likeness (QED) is 0.584. The molecule has 2 N–H and O–H groups in total. The minimum atomic E-state index is -0.908. The van der Waals surface area contributed by atoms with Crippen molar-refractivity contribution in [2.45, 2.75) is 45.2 Å². The average Bonchev–Trinajstić information content (AvgIpc) is 2.87. The van der Waals surface area contributed by atoms with Crippen LogP contribution in [0.15, 0.2) is 18.0 Å². The van der Waals surface area contributed by atoms with Gasteiger partial charge in [0.1, 0.15) is 5.70 Å². The Morgan fingerprint density at radius 2 is 1.97 bits per heavy atom. The van der Waals surface area contributed by atoms with E-state index in [0.29, 0.717) is 37.6 Å². The van der Waals surface area contributed by atoms with Crippen LogP contribution in [0.5, 0.6) is 0 Å². The summed E-state index contributed by atoms with van der Waals surface area (Å²) in [7, 11) is 1.52. The number of hydrogen-bond acceptors (Lipinski definition) is 6. The van der Waals surface area contributed by atoms with E-state index in [4.69, 9.17) is 0 Å². The van der Waals surface area contributed by atoms with Crippen molar-refractivity contribution in [3.63, 3.8) is 0 Å². The molecule has 2 aliphatic rings. The van der Waals surface area contributed by atoms with Crippen LogP contribution in [0.25, 0.3) is 6.08 Å². The Balaban J connectivity index is 1.72. The van der Waals surface area contributed by atoms with Gasteiger partial charge in [-0.15, -0.1) is 0 Å². The molecule has 1 aromatic heterocycles. The summed E-state index contributed by atoms with van der Waals surface area (Å²) >= 11 is 0. The molecule has 4 amide bonds. The molecule has 2 aliphatic heterocycles. The van der Waals surface area contributed by atoms with Gasteiger partial charge in [-0.2, -0.15) is 0 Å². The summed E-state index contributed by atoms with van der Waals surface area (Å²) in [5.41, 5.74) is 0.276. The molecule has 10 heteroatoms. The maximum Gasteiger partial charge on any atom is 0.407 e.